The summed E-state index contributed by atoms with van der Waals surface area (Å²) in [5.41, 5.74) is -0.860. The molecule has 154 valence electrons. The number of carbonyl (C=O) groups is 3. The average Bonchev–Trinajstić information content (AvgIpc) is 2.80. The van der Waals surface area contributed by atoms with Gasteiger partial charge in [0.1, 0.15) is 5.54 Å². The highest BCUT2D eigenvalue weighted by molar-refractivity contribution is 6.06. The number of rotatable bonds is 9. The number of carbonyl (C=O) groups excluding carboxylic acids is 3. The summed E-state index contributed by atoms with van der Waals surface area (Å²) in [6.45, 7) is 11.9. The number of imide groups is 1. The fraction of sp³-hybridized carbons (Fsp3) is 0.842. The molecule has 4 amide bonds. The third-order valence-electron chi connectivity index (χ3n) is 5.07. The Bertz CT molecular complexity index is 544. The molecule has 2 heterocycles. The van der Waals surface area contributed by atoms with Gasteiger partial charge >= 0.3 is 6.03 Å². The largest absolute Gasteiger partial charge is 0.379 e. The highest BCUT2D eigenvalue weighted by Crippen LogP contribution is 2.17. The van der Waals surface area contributed by atoms with E-state index in [1.54, 1.807) is 13.8 Å². The number of nitrogens with one attached hydrogen (secondary N) is 2. The second-order valence-electron chi connectivity index (χ2n) is 8.35. The molecule has 8 heteroatoms. The van der Waals surface area contributed by atoms with E-state index >= 15 is 0 Å². The molecule has 0 aromatic carbocycles. The lowest BCUT2D eigenvalue weighted by Crippen LogP contribution is -2.49. The maximum absolute atomic E-state index is 12.2. The summed E-state index contributed by atoms with van der Waals surface area (Å²) in [5, 5.41) is 5.67. The van der Waals surface area contributed by atoms with Gasteiger partial charge in [0.25, 0.3) is 5.91 Å². The summed E-state index contributed by atoms with van der Waals surface area (Å²) in [6.07, 6.45) is 1.79. The molecule has 27 heavy (non-hydrogen) atoms. The smallest absolute Gasteiger partial charge is 0.325 e. The van der Waals surface area contributed by atoms with Gasteiger partial charge in [-0.05, 0) is 32.6 Å². The minimum atomic E-state index is -0.860. The molecule has 2 aliphatic rings. The summed E-state index contributed by atoms with van der Waals surface area (Å²) >= 11 is 0. The van der Waals surface area contributed by atoms with E-state index in [0.717, 1.165) is 32.7 Å². The van der Waals surface area contributed by atoms with E-state index in [0.29, 0.717) is 31.3 Å². The van der Waals surface area contributed by atoms with Crippen molar-refractivity contribution >= 4 is 17.8 Å². The Morgan fingerprint density at radius 3 is 2.48 bits per heavy atom. The van der Waals surface area contributed by atoms with Gasteiger partial charge in [-0.15, -0.1) is 0 Å². The number of amides is 4. The molecular weight excluding hydrogens is 348 g/mol. The molecule has 2 aliphatic heterocycles. The Balaban J connectivity index is 1.74. The van der Waals surface area contributed by atoms with Crippen LogP contribution in [0, 0.1) is 5.92 Å². The van der Waals surface area contributed by atoms with Crippen LogP contribution in [0.1, 0.15) is 47.0 Å². The lowest BCUT2D eigenvalue weighted by atomic mass is 10.0. The van der Waals surface area contributed by atoms with Crippen molar-refractivity contribution in [2.45, 2.75) is 58.5 Å². The normalized spacial score (nSPS) is 21.4. The zero-order chi connectivity index (χ0) is 20.0. The molecule has 1 unspecified atom stereocenters. The Labute approximate surface area is 162 Å². The minimum absolute atomic E-state index is 0.0386. The molecular formula is C19H34N4O4. The molecule has 1 atom stereocenters. The maximum Gasteiger partial charge on any atom is 0.325 e. The van der Waals surface area contributed by atoms with Crippen molar-refractivity contribution in [3.05, 3.63) is 0 Å². The van der Waals surface area contributed by atoms with Gasteiger partial charge in [0, 0.05) is 38.6 Å². The first-order valence-corrected chi connectivity index (χ1v) is 9.93. The van der Waals surface area contributed by atoms with E-state index in [1.165, 1.54) is 4.90 Å². The first-order chi connectivity index (χ1) is 12.7. The molecule has 0 aromatic rings. The van der Waals surface area contributed by atoms with Crippen LogP contribution in [0.5, 0.6) is 0 Å². The third-order valence-corrected chi connectivity index (χ3v) is 5.07. The van der Waals surface area contributed by atoms with Gasteiger partial charge in [0.2, 0.25) is 5.91 Å². The first-order valence-electron chi connectivity index (χ1n) is 9.93. The van der Waals surface area contributed by atoms with Crippen molar-refractivity contribution in [1.82, 2.24) is 20.4 Å². The molecule has 0 aliphatic carbocycles. The Kier molecular flexibility index (Phi) is 7.61. The van der Waals surface area contributed by atoms with Gasteiger partial charge in [-0.25, -0.2) is 4.79 Å². The van der Waals surface area contributed by atoms with Crippen molar-refractivity contribution in [3.8, 4) is 0 Å². The number of morpholine rings is 1. The minimum Gasteiger partial charge on any atom is -0.379 e. The van der Waals surface area contributed by atoms with Crippen LogP contribution in [0.2, 0.25) is 0 Å². The van der Waals surface area contributed by atoms with Gasteiger partial charge in [0.05, 0.1) is 13.2 Å². The molecule has 2 saturated heterocycles. The van der Waals surface area contributed by atoms with Crippen molar-refractivity contribution in [1.29, 1.82) is 0 Å². The summed E-state index contributed by atoms with van der Waals surface area (Å²) in [5.74, 6) is 0.276. The summed E-state index contributed by atoms with van der Waals surface area (Å²) < 4.78 is 5.42. The zero-order valence-electron chi connectivity index (χ0n) is 17.0. The van der Waals surface area contributed by atoms with E-state index in [2.05, 4.69) is 29.4 Å². The highest BCUT2D eigenvalue weighted by atomic mass is 16.5. The SMILES string of the molecule is CC(C)CC(CNC(=O)CCCN1C(=O)NC(C)(C)C1=O)N1CCOCC1. The maximum atomic E-state index is 12.2. The molecule has 0 radical (unpaired) electrons. The van der Waals surface area contributed by atoms with Crippen LogP contribution < -0.4 is 10.6 Å². The van der Waals surface area contributed by atoms with E-state index < -0.39 is 5.54 Å². The van der Waals surface area contributed by atoms with Gasteiger partial charge < -0.3 is 15.4 Å². The monoisotopic (exact) mass is 382 g/mol. The van der Waals surface area contributed by atoms with Gasteiger partial charge in [-0.2, -0.15) is 0 Å². The van der Waals surface area contributed by atoms with Gasteiger partial charge in [-0.1, -0.05) is 13.8 Å². The molecule has 2 fully saturated rings. The summed E-state index contributed by atoms with van der Waals surface area (Å²) in [4.78, 5) is 39.8. The standard InChI is InChI=1S/C19H34N4O4/c1-14(2)12-15(22-8-10-27-11-9-22)13-20-16(24)6-5-7-23-17(25)19(3,4)21-18(23)26/h14-15H,5-13H2,1-4H3,(H,20,24)(H,21,26). The van der Waals surface area contributed by atoms with E-state index in [9.17, 15) is 14.4 Å². The Morgan fingerprint density at radius 2 is 1.93 bits per heavy atom. The molecule has 2 N–H and O–H groups in total. The second-order valence-corrected chi connectivity index (χ2v) is 8.35. The van der Waals surface area contributed by atoms with Crippen LogP contribution in [0.15, 0.2) is 0 Å². The van der Waals surface area contributed by atoms with Gasteiger partial charge in [0.15, 0.2) is 0 Å². The molecule has 0 aromatic heterocycles. The molecule has 8 nitrogen and oxygen atoms in total. The molecule has 0 spiro atoms. The second kappa shape index (κ2) is 9.50. The van der Waals surface area contributed by atoms with Gasteiger partial charge in [-0.3, -0.25) is 19.4 Å². The van der Waals surface area contributed by atoms with Crippen LogP contribution in [0.25, 0.3) is 0 Å². The van der Waals surface area contributed by atoms with E-state index in [4.69, 9.17) is 4.74 Å². The Hall–Kier alpha value is -1.67. The lowest BCUT2D eigenvalue weighted by molar-refractivity contribution is -0.130. The highest BCUT2D eigenvalue weighted by Gasteiger charge is 2.43. The third kappa shape index (κ3) is 6.17. The topological polar surface area (TPSA) is 91.0 Å². The fourth-order valence-electron chi connectivity index (χ4n) is 3.59. The molecule has 0 bridgehead atoms. The lowest BCUT2D eigenvalue weighted by Gasteiger charge is -2.35. The first kappa shape index (κ1) is 21.6. The van der Waals surface area contributed by atoms with Crippen molar-refractivity contribution in [3.63, 3.8) is 0 Å². The predicted octanol–water partition coefficient (Wildman–Crippen LogP) is 0.960. The van der Waals surface area contributed by atoms with Crippen LogP contribution in [0.4, 0.5) is 4.79 Å². The number of hydrogen-bond acceptors (Lipinski definition) is 5. The summed E-state index contributed by atoms with van der Waals surface area (Å²) in [6, 6.07) is -0.0701. The van der Waals surface area contributed by atoms with Crippen LogP contribution in [-0.2, 0) is 14.3 Å². The number of hydrogen-bond donors (Lipinski definition) is 2. The van der Waals surface area contributed by atoms with Crippen LogP contribution >= 0.6 is 0 Å². The zero-order valence-corrected chi connectivity index (χ0v) is 17.0. The fourth-order valence-corrected chi connectivity index (χ4v) is 3.59. The van der Waals surface area contributed by atoms with Crippen molar-refractivity contribution in [2.75, 3.05) is 39.4 Å². The van der Waals surface area contributed by atoms with E-state index in [-0.39, 0.29) is 24.4 Å². The van der Waals surface area contributed by atoms with E-state index in [1.807, 2.05) is 0 Å². The number of nitrogens with zero attached hydrogens (tertiary/aromatic N) is 2. The predicted molar refractivity (Wildman–Crippen MR) is 102 cm³/mol. The van der Waals surface area contributed by atoms with Crippen molar-refractivity contribution < 1.29 is 19.1 Å². The molecule has 0 saturated carbocycles. The summed E-state index contributed by atoms with van der Waals surface area (Å²) in [7, 11) is 0. The number of urea groups is 1. The quantitative estimate of drug-likeness (QED) is 0.580. The molecule has 2 rings (SSSR count). The number of ether oxygens (including phenoxy) is 1. The van der Waals surface area contributed by atoms with Crippen LogP contribution in [0.3, 0.4) is 0 Å². The van der Waals surface area contributed by atoms with Crippen molar-refractivity contribution in [2.24, 2.45) is 5.92 Å². The van der Waals surface area contributed by atoms with Crippen LogP contribution in [-0.4, -0.2) is 78.6 Å². The Morgan fingerprint density at radius 1 is 1.26 bits per heavy atom. The average molecular weight is 383 g/mol.